The van der Waals surface area contributed by atoms with Gasteiger partial charge in [0.1, 0.15) is 11.3 Å². The average molecular weight is 319 g/mol. The smallest absolute Gasteiger partial charge is 0.218 e. The lowest BCUT2D eigenvalue weighted by molar-refractivity contribution is 0.484. The monoisotopic (exact) mass is 319 g/mol. The highest BCUT2D eigenvalue weighted by Gasteiger charge is 2.12. The van der Waals surface area contributed by atoms with Gasteiger partial charge in [0.25, 0.3) is 0 Å². The zero-order valence-corrected chi connectivity index (χ0v) is 13.8. The van der Waals surface area contributed by atoms with Gasteiger partial charge in [-0.2, -0.15) is 5.10 Å². The largest absolute Gasteiger partial charge is 0.455 e. The highest BCUT2D eigenvalue weighted by atomic mass is 16.5. The van der Waals surface area contributed by atoms with E-state index in [0.717, 1.165) is 45.6 Å². The molecule has 120 valence electrons. The fourth-order valence-electron chi connectivity index (χ4n) is 3.11. The van der Waals surface area contributed by atoms with Crippen molar-refractivity contribution in [2.45, 2.75) is 20.8 Å². The normalized spacial score (nSPS) is 11.3. The second-order valence-corrected chi connectivity index (χ2v) is 6.01. The molecule has 1 aromatic carbocycles. The van der Waals surface area contributed by atoms with Crippen molar-refractivity contribution in [3.63, 3.8) is 0 Å². The van der Waals surface area contributed by atoms with Crippen LogP contribution < -0.4 is 4.74 Å². The second-order valence-electron chi connectivity index (χ2n) is 6.01. The molecule has 3 aromatic heterocycles. The van der Waals surface area contributed by atoms with Gasteiger partial charge >= 0.3 is 0 Å². The van der Waals surface area contributed by atoms with Crippen LogP contribution in [0.3, 0.4) is 0 Å². The summed E-state index contributed by atoms with van der Waals surface area (Å²) in [5.74, 6) is 1.50. The molecule has 24 heavy (non-hydrogen) atoms. The van der Waals surface area contributed by atoms with E-state index in [-0.39, 0.29) is 0 Å². The fraction of sp³-hybridized carbons (Fsp3) is 0.158. The molecule has 0 aliphatic carbocycles. The lowest BCUT2D eigenvalue weighted by Gasteiger charge is -2.08. The third-order valence-electron chi connectivity index (χ3n) is 4.48. The molecule has 0 unspecified atom stereocenters. The Balaban J connectivity index is 1.81. The van der Waals surface area contributed by atoms with E-state index in [1.165, 1.54) is 5.56 Å². The summed E-state index contributed by atoms with van der Waals surface area (Å²) in [6.45, 7) is 6.04. The van der Waals surface area contributed by atoms with Crippen molar-refractivity contribution in [3.8, 4) is 11.5 Å². The van der Waals surface area contributed by atoms with Crippen LogP contribution in [0, 0.1) is 20.8 Å². The van der Waals surface area contributed by atoms with Gasteiger partial charge < -0.3 is 4.74 Å². The van der Waals surface area contributed by atoms with Gasteiger partial charge in [-0.25, -0.2) is 4.52 Å². The summed E-state index contributed by atoms with van der Waals surface area (Å²) in [4.78, 5) is 11.2. The first-order chi connectivity index (χ1) is 11.6. The van der Waals surface area contributed by atoms with Crippen LogP contribution in [-0.2, 0) is 4.79 Å². The van der Waals surface area contributed by atoms with Gasteiger partial charge in [-0.1, -0.05) is 0 Å². The van der Waals surface area contributed by atoms with Crippen LogP contribution in [0.1, 0.15) is 16.8 Å². The number of hydrogen-bond donors (Lipinski definition) is 0. The van der Waals surface area contributed by atoms with Crippen LogP contribution in [0.5, 0.6) is 11.5 Å². The molecule has 5 heteroatoms. The number of ether oxygens (including phenoxy) is 1. The van der Waals surface area contributed by atoms with Crippen LogP contribution in [0.4, 0.5) is 0 Å². The van der Waals surface area contributed by atoms with Crippen LogP contribution in [-0.4, -0.2) is 20.6 Å². The zero-order valence-electron chi connectivity index (χ0n) is 13.8. The Morgan fingerprint density at radius 2 is 1.96 bits per heavy atom. The Labute approximate surface area is 139 Å². The van der Waals surface area contributed by atoms with Crippen LogP contribution in [0.15, 0.2) is 42.7 Å². The highest BCUT2D eigenvalue weighted by molar-refractivity contribution is 5.88. The van der Waals surface area contributed by atoms with Gasteiger partial charge in [-0.15, -0.1) is 0 Å². The number of aryl methyl sites for hydroxylation is 3. The van der Waals surface area contributed by atoms with Crippen molar-refractivity contribution in [3.05, 3.63) is 59.5 Å². The predicted molar refractivity (Wildman–Crippen MR) is 93.6 cm³/mol. The number of aromatic nitrogens is 3. The first-order valence-electron chi connectivity index (χ1n) is 7.77. The number of rotatable bonds is 3. The number of nitrogens with zero attached hydrogens (tertiary/aromatic N) is 3. The molecule has 0 aliphatic heterocycles. The number of benzene rings is 1. The van der Waals surface area contributed by atoms with E-state index in [1.54, 1.807) is 10.8 Å². The van der Waals surface area contributed by atoms with E-state index in [2.05, 4.69) is 18.9 Å². The molecule has 0 bridgehead atoms. The van der Waals surface area contributed by atoms with Crippen molar-refractivity contribution >= 4 is 22.8 Å². The van der Waals surface area contributed by atoms with E-state index in [4.69, 9.17) is 4.74 Å². The van der Waals surface area contributed by atoms with Crippen molar-refractivity contribution < 1.29 is 9.53 Å². The first-order valence-corrected chi connectivity index (χ1v) is 7.77. The maximum absolute atomic E-state index is 11.2. The molecule has 3 heterocycles. The van der Waals surface area contributed by atoms with E-state index < -0.39 is 0 Å². The Hall–Kier alpha value is -3.08. The van der Waals surface area contributed by atoms with Gasteiger partial charge in [-0.3, -0.25) is 9.36 Å². The summed E-state index contributed by atoms with van der Waals surface area (Å²) < 4.78 is 9.59. The molecular weight excluding hydrogens is 302 g/mol. The van der Waals surface area contributed by atoms with Crippen LogP contribution in [0.25, 0.3) is 16.4 Å². The van der Waals surface area contributed by atoms with Crippen molar-refractivity contribution in [2.24, 2.45) is 0 Å². The maximum atomic E-state index is 11.2. The highest BCUT2D eigenvalue weighted by Crippen LogP contribution is 2.31. The van der Waals surface area contributed by atoms with Gasteiger partial charge in [0, 0.05) is 23.3 Å². The Morgan fingerprint density at radius 1 is 1.12 bits per heavy atom. The van der Waals surface area contributed by atoms with E-state index in [1.807, 2.05) is 48.0 Å². The van der Waals surface area contributed by atoms with Crippen molar-refractivity contribution in [1.82, 2.24) is 14.2 Å². The standard InChI is InChI=1S/C19H17N3O2/c1-12-10-22-19(14(12)3)18(6-7-20-22)24-16-4-5-17-15(9-16)8-13(2)21(17)11-23/h4-11H,1-3H3. The molecule has 0 radical (unpaired) electrons. The Bertz CT molecular complexity index is 1090. The van der Waals surface area contributed by atoms with Crippen molar-refractivity contribution in [1.29, 1.82) is 0 Å². The summed E-state index contributed by atoms with van der Waals surface area (Å²) in [7, 11) is 0. The molecule has 0 saturated carbocycles. The van der Waals surface area contributed by atoms with Gasteiger partial charge in [-0.05, 0) is 56.2 Å². The minimum absolute atomic E-state index is 0.733. The zero-order chi connectivity index (χ0) is 16.8. The Morgan fingerprint density at radius 3 is 2.75 bits per heavy atom. The van der Waals surface area contributed by atoms with Crippen LogP contribution >= 0.6 is 0 Å². The van der Waals surface area contributed by atoms with Gasteiger partial charge in [0.2, 0.25) is 6.41 Å². The summed E-state index contributed by atoms with van der Waals surface area (Å²) in [5.41, 5.74) is 5.08. The molecule has 5 nitrogen and oxygen atoms in total. The third kappa shape index (κ3) is 2.09. The second kappa shape index (κ2) is 5.23. The SMILES string of the molecule is Cc1cn2nccc(Oc3ccc4c(c3)cc(C)n4C=O)c2c1C. The van der Waals surface area contributed by atoms with Crippen LogP contribution in [0.2, 0.25) is 0 Å². The predicted octanol–water partition coefficient (Wildman–Crippen LogP) is 4.04. The summed E-state index contributed by atoms with van der Waals surface area (Å²) in [6.07, 6.45) is 4.55. The lowest BCUT2D eigenvalue weighted by Crippen LogP contribution is -1.96. The van der Waals surface area contributed by atoms with Crippen molar-refractivity contribution in [2.75, 3.05) is 0 Å². The molecule has 4 rings (SSSR count). The quantitative estimate of drug-likeness (QED) is 0.535. The minimum atomic E-state index is 0.733. The molecule has 0 amide bonds. The van der Waals surface area contributed by atoms with Gasteiger partial charge in [0.05, 0.1) is 11.7 Å². The molecule has 0 fully saturated rings. The minimum Gasteiger partial charge on any atom is -0.455 e. The summed E-state index contributed by atoms with van der Waals surface area (Å²) in [5, 5.41) is 5.31. The maximum Gasteiger partial charge on any atom is 0.218 e. The summed E-state index contributed by atoms with van der Waals surface area (Å²) in [6, 6.07) is 9.58. The average Bonchev–Trinajstić information content (AvgIpc) is 3.03. The fourth-order valence-corrected chi connectivity index (χ4v) is 3.11. The van der Waals surface area contributed by atoms with E-state index in [0.29, 0.717) is 0 Å². The first kappa shape index (κ1) is 14.5. The molecule has 0 spiro atoms. The number of hydrogen-bond acceptors (Lipinski definition) is 3. The number of fused-ring (bicyclic) bond motifs is 2. The molecular formula is C19H17N3O2. The summed E-state index contributed by atoms with van der Waals surface area (Å²) >= 11 is 0. The molecule has 4 aromatic rings. The number of carbonyl (C=O) groups is 1. The molecule has 0 saturated heterocycles. The number of carbonyl (C=O) groups excluding carboxylic acids is 1. The van der Waals surface area contributed by atoms with E-state index in [9.17, 15) is 4.79 Å². The Kier molecular flexibility index (Phi) is 3.16. The lowest BCUT2D eigenvalue weighted by atomic mass is 10.2. The van der Waals surface area contributed by atoms with E-state index >= 15 is 0 Å². The topological polar surface area (TPSA) is 48.5 Å². The molecule has 0 aliphatic rings. The molecule has 0 atom stereocenters. The molecule has 0 N–H and O–H groups in total. The third-order valence-corrected chi connectivity index (χ3v) is 4.48. The van der Waals surface area contributed by atoms with Gasteiger partial charge in [0.15, 0.2) is 5.75 Å².